The molecule has 3 rings (SSSR count). The SMILES string of the molecule is CCCCSC1=C(SCCCC)SC(=C2Sc3cn(C)c(C=O)c3S2)S1. The summed E-state index contributed by atoms with van der Waals surface area (Å²) in [7, 11) is 1.95. The minimum Gasteiger partial charge on any atom is -0.346 e. The maximum absolute atomic E-state index is 11.4. The van der Waals surface area contributed by atoms with Crippen LogP contribution in [-0.2, 0) is 7.05 Å². The summed E-state index contributed by atoms with van der Waals surface area (Å²) in [6.45, 7) is 4.51. The molecule has 3 heterocycles. The molecule has 2 nitrogen and oxygen atoms in total. The minimum absolute atomic E-state index is 0.796. The molecule has 8 heteroatoms. The molecule has 0 aromatic carbocycles. The molecule has 0 saturated heterocycles. The Hall–Kier alpha value is 0.530. The molecule has 0 amide bonds. The number of rotatable bonds is 9. The molecule has 0 saturated carbocycles. The Morgan fingerprint density at radius 1 is 0.962 bits per heavy atom. The van der Waals surface area contributed by atoms with E-state index in [1.54, 1.807) is 11.8 Å². The highest BCUT2D eigenvalue weighted by Gasteiger charge is 2.31. The lowest BCUT2D eigenvalue weighted by atomic mass is 10.4. The standard InChI is InChI=1S/C18H23NOS6/c1-4-6-8-21-15-16(22-9-7-5-2)26-18(25-15)17-23-13-10-19(3)12(11-20)14(13)24-17/h10-11H,4-9H2,1-3H3. The van der Waals surface area contributed by atoms with Gasteiger partial charge in [0.05, 0.1) is 27.5 Å². The van der Waals surface area contributed by atoms with Crippen molar-refractivity contribution in [3.63, 3.8) is 0 Å². The van der Waals surface area contributed by atoms with Gasteiger partial charge >= 0.3 is 0 Å². The first-order chi connectivity index (χ1) is 12.7. The third-order valence-corrected chi connectivity index (χ3v) is 12.6. The van der Waals surface area contributed by atoms with Crippen molar-refractivity contribution in [2.24, 2.45) is 7.05 Å². The minimum atomic E-state index is 0.796. The molecular weight excluding hydrogens is 439 g/mol. The molecule has 2 aliphatic rings. The van der Waals surface area contributed by atoms with Crippen molar-refractivity contribution in [2.75, 3.05) is 11.5 Å². The van der Waals surface area contributed by atoms with Gasteiger partial charge in [-0.1, -0.05) is 73.7 Å². The van der Waals surface area contributed by atoms with E-state index in [0.717, 1.165) is 16.9 Å². The normalized spacial score (nSPS) is 16.7. The van der Waals surface area contributed by atoms with Gasteiger partial charge in [0.2, 0.25) is 0 Å². The van der Waals surface area contributed by atoms with Gasteiger partial charge in [-0.3, -0.25) is 4.79 Å². The number of thioether (sulfide) groups is 6. The van der Waals surface area contributed by atoms with Gasteiger partial charge in [0.15, 0.2) is 6.29 Å². The second-order valence-electron chi connectivity index (χ2n) is 5.90. The van der Waals surface area contributed by atoms with Crippen molar-refractivity contribution >= 4 is 76.9 Å². The number of aromatic nitrogens is 1. The number of aryl methyl sites for hydroxylation is 1. The van der Waals surface area contributed by atoms with Crippen LogP contribution in [0.15, 0.2) is 32.9 Å². The molecule has 0 atom stereocenters. The van der Waals surface area contributed by atoms with Crippen LogP contribution in [0.4, 0.5) is 0 Å². The zero-order chi connectivity index (χ0) is 18.5. The summed E-state index contributed by atoms with van der Waals surface area (Å²) in [6, 6.07) is 0. The number of nitrogens with zero attached hydrogens (tertiary/aromatic N) is 1. The number of hydrogen-bond donors (Lipinski definition) is 0. The average molecular weight is 462 g/mol. The first-order valence-electron chi connectivity index (χ1n) is 8.77. The van der Waals surface area contributed by atoms with Gasteiger partial charge in [0, 0.05) is 18.1 Å². The van der Waals surface area contributed by atoms with E-state index < -0.39 is 0 Å². The summed E-state index contributed by atoms with van der Waals surface area (Å²) >= 11 is 11.5. The predicted octanol–water partition coefficient (Wildman–Crippen LogP) is 7.84. The highest BCUT2D eigenvalue weighted by Crippen LogP contribution is 2.64. The Balaban J connectivity index is 1.73. The Bertz CT molecular complexity index is 712. The summed E-state index contributed by atoms with van der Waals surface area (Å²) in [5, 5.41) is 0. The van der Waals surface area contributed by atoms with Crippen LogP contribution in [0.2, 0.25) is 0 Å². The smallest absolute Gasteiger partial charge is 0.167 e. The Morgan fingerprint density at radius 3 is 2.08 bits per heavy atom. The summed E-state index contributed by atoms with van der Waals surface area (Å²) in [4.78, 5) is 13.7. The fourth-order valence-electron chi connectivity index (χ4n) is 2.35. The number of carbonyl (C=O) groups excluding carboxylic acids is 1. The molecule has 26 heavy (non-hydrogen) atoms. The van der Waals surface area contributed by atoms with Crippen molar-refractivity contribution in [1.29, 1.82) is 0 Å². The lowest BCUT2D eigenvalue weighted by Gasteiger charge is -2.03. The first kappa shape index (κ1) is 21.2. The third kappa shape index (κ3) is 4.92. The maximum atomic E-state index is 11.4. The number of hydrogen-bond acceptors (Lipinski definition) is 7. The van der Waals surface area contributed by atoms with Gasteiger partial charge < -0.3 is 4.57 Å². The zero-order valence-electron chi connectivity index (χ0n) is 15.2. The highest BCUT2D eigenvalue weighted by atomic mass is 32.3. The van der Waals surface area contributed by atoms with Gasteiger partial charge in [0.1, 0.15) is 0 Å². The molecule has 0 bridgehead atoms. The van der Waals surface area contributed by atoms with Crippen LogP contribution in [0.5, 0.6) is 0 Å². The Kier molecular flexibility index (Phi) is 8.45. The van der Waals surface area contributed by atoms with Gasteiger partial charge in [-0.2, -0.15) is 0 Å². The zero-order valence-corrected chi connectivity index (χ0v) is 20.1. The van der Waals surface area contributed by atoms with Gasteiger partial charge in [-0.25, -0.2) is 0 Å². The van der Waals surface area contributed by atoms with Gasteiger partial charge in [-0.15, -0.1) is 23.5 Å². The molecule has 0 aliphatic carbocycles. The van der Waals surface area contributed by atoms with Crippen molar-refractivity contribution in [3.8, 4) is 0 Å². The predicted molar refractivity (Wildman–Crippen MR) is 126 cm³/mol. The van der Waals surface area contributed by atoms with Gasteiger partial charge in [0.25, 0.3) is 0 Å². The first-order valence-corrected chi connectivity index (χ1v) is 14.0. The monoisotopic (exact) mass is 461 g/mol. The lowest BCUT2D eigenvalue weighted by molar-refractivity contribution is 0.111. The van der Waals surface area contributed by atoms with E-state index in [2.05, 4.69) is 20.0 Å². The molecule has 0 unspecified atom stereocenters. The van der Waals surface area contributed by atoms with Crippen LogP contribution in [0.3, 0.4) is 0 Å². The van der Waals surface area contributed by atoms with E-state index in [9.17, 15) is 4.79 Å². The highest BCUT2D eigenvalue weighted by molar-refractivity contribution is 8.42. The van der Waals surface area contributed by atoms with E-state index in [4.69, 9.17) is 0 Å². The molecule has 1 aromatic rings. The molecule has 0 spiro atoms. The fraction of sp³-hybridized carbons (Fsp3) is 0.500. The molecule has 2 aliphatic heterocycles. The molecular formula is C18H23NOS6. The molecule has 0 radical (unpaired) electrons. The van der Waals surface area contributed by atoms with Crippen LogP contribution in [0.25, 0.3) is 0 Å². The van der Waals surface area contributed by atoms with Crippen molar-refractivity contribution < 1.29 is 4.79 Å². The number of carbonyl (C=O) groups is 1. The number of fused-ring (bicyclic) bond motifs is 1. The van der Waals surface area contributed by atoms with E-state index in [1.807, 2.05) is 70.4 Å². The van der Waals surface area contributed by atoms with Crippen molar-refractivity contribution in [1.82, 2.24) is 4.57 Å². The van der Waals surface area contributed by atoms with Gasteiger partial charge in [-0.05, 0) is 24.3 Å². The van der Waals surface area contributed by atoms with E-state index >= 15 is 0 Å². The van der Waals surface area contributed by atoms with Crippen LogP contribution >= 0.6 is 70.6 Å². The Labute approximate surface area is 181 Å². The largest absolute Gasteiger partial charge is 0.346 e. The van der Waals surface area contributed by atoms with Crippen LogP contribution < -0.4 is 0 Å². The third-order valence-electron chi connectivity index (χ3n) is 3.82. The van der Waals surface area contributed by atoms with E-state index in [0.29, 0.717) is 0 Å². The lowest BCUT2D eigenvalue weighted by Crippen LogP contribution is -1.93. The van der Waals surface area contributed by atoms with Crippen molar-refractivity contribution in [2.45, 2.75) is 49.3 Å². The summed E-state index contributed by atoms with van der Waals surface area (Å²) < 4.78 is 7.65. The number of unbranched alkanes of at least 4 members (excludes halogenated alkanes) is 2. The second kappa shape index (κ2) is 10.3. The van der Waals surface area contributed by atoms with Crippen LogP contribution in [0.1, 0.15) is 50.0 Å². The number of aldehydes is 1. The molecule has 142 valence electrons. The quantitative estimate of drug-likeness (QED) is 0.272. The topological polar surface area (TPSA) is 22.0 Å². The Morgan fingerprint density at radius 2 is 1.54 bits per heavy atom. The van der Waals surface area contributed by atoms with E-state index in [-0.39, 0.29) is 0 Å². The van der Waals surface area contributed by atoms with Crippen molar-refractivity contribution in [3.05, 3.63) is 28.8 Å². The summed E-state index contributed by atoms with van der Waals surface area (Å²) in [5.41, 5.74) is 0.796. The summed E-state index contributed by atoms with van der Waals surface area (Å²) in [5.74, 6) is 2.41. The fourth-order valence-corrected chi connectivity index (χ4v) is 11.5. The average Bonchev–Trinajstić information content (AvgIpc) is 3.28. The molecule has 1 aromatic heterocycles. The van der Waals surface area contributed by atoms with E-state index in [1.165, 1.54) is 59.0 Å². The second-order valence-corrected chi connectivity index (χ2v) is 13.3. The molecule has 0 N–H and O–H groups in total. The maximum Gasteiger partial charge on any atom is 0.167 e. The van der Waals surface area contributed by atoms with Crippen LogP contribution in [-0.4, -0.2) is 22.4 Å². The molecule has 0 fully saturated rings. The summed E-state index contributed by atoms with van der Waals surface area (Å²) in [6.07, 6.45) is 8.11. The van der Waals surface area contributed by atoms with Crippen LogP contribution in [0, 0.1) is 0 Å².